The minimum atomic E-state index is -1.04. The van der Waals surface area contributed by atoms with Crippen molar-refractivity contribution in [2.24, 2.45) is 0 Å². The topological polar surface area (TPSA) is 88.2 Å². The average molecular weight is 271 g/mol. The van der Waals surface area contributed by atoms with Gasteiger partial charge >= 0.3 is 5.97 Å². The van der Waals surface area contributed by atoms with Crippen LogP contribution in [0.1, 0.15) is 28.4 Å². The van der Waals surface area contributed by atoms with E-state index >= 15 is 0 Å². The van der Waals surface area contributed by atoms with Gasteiger partial charge in [0.1, 0.15) is 5.82 Å². The molecular formula is C15H17N3O2. The number of rotatable bonds is 5. The summed E-state index contributed by atoms with van der Waals surface area (Å²) in [7, 11) is 0. The van der Waals surface area contributed by atoms with Gasteiger partial charge in [0.2, 0.25) is 0 Å². The number of aromatic carboxylic acids is 1. The zero-order chi connectivity index (χ0) is 14.5. The van der Waals surface area contributed by atoms with E-state index in [0.29, 0.717) is 18.1 Å². The second-order valence-corrected chi connectivity index (χ2v) is 4.44. The molecule has 1 aromatic carbocycles. The lowest BCUT2D eigenvalue weighted by atomic mass is 10.1. The Hall–Kier alpha value is -2.56. The van der Waals surface area contributed by atoms with Crippen LogP contribution < -0.4 is 11.1 Å². The number of hydrogen-bond acceptors (Lipinski definition) is 4. The Morgan fingerprint density at radius 2 is 2.05 bits per heavy atom. The summed E-state index contributed by atoms with van der Waals surface area (Å²) in [5.41, 5.74) is 8.67. The molecule has 1 aromatic heterocycles. The fourth-order valence-electron chi connectivity index (χ4n) is 2.00. The standard InChI is InChI=1S/C15H17N3O2/c1-2-10-5-3-4-6-11(10)8-17-14-13(16)7-12(9-18-14)15(19)20/h3-7,9H,2,8,16H2,1H3,(H,17,18)(H,19,20). The minimum absolute atomic E-state index is 0.0852. The highest BCUT2D eigenvalue weighted by Gasteiger charge is 2.08. The fraction of sp³-hybridized carbons (Fsp3) is 0.200. The Labute approximate surface area is 117 Å². The van der Waals surface area contributed by atoms with Crippen LogP contribution >= 0.6 is 0 Å². The largest absolute Gasteiger partial charge is 0.478 e. The second kappa shape index (κ2) is 6.06. The van der Waals surface area contributed by atoms with E-state index in [2.05, 4.69) is 23.3 Å². The molecule has 5 heteroatoms. The van der Waals surface area contributed by atoms with E-state index in [-0.39, 0.29) is 5.56 Å². The Kier molecular flexibility index (Phi) is 4.20. The number of carboxylic acid groups (broad SMARTS) is 1. The molecule has 0 saturated carbocycles. The monoisotopic (exact) mass is 271 g/mol. The number of aromatic nitrogens is 1. The Morgan fingerprint density at radius 1 is 1.35 bits per heavy atom. The summed E-state index contributed by atoms with van der Waals surface area (Å²) in [4.78, 5) is 14.9. The Balaban J connectivity index is 2.13. The molecule has 0 fully saturated rings. The number of pyridine rings is 1. The van der Waals surface area contributed by atoms with Gasteiger partial charge in [-0.1, -0.05) is 31.2 Å². The maximum Gasteiger partial charge on any atom is 0.337 e. The van der Waals surface area contributed by atoms with Crippen molar-refractivity contribution in [2.45, 2.75) is 19.9 Å². The van der Waals surface area contributed by atoms with Crippen molar-refractivity contribution in [3.8, 4) is 0 Å². The Morgan fingerprint density at radius 3 is 2.65 bits per heavy atom. The van der Waals surface area contributed by atoms with E-state index in [1.807, 2.05) is 18.2 Å². The molecule has 0 saturated heterocycles. The SMILES string of the molecule is CCc1ccccc1CNc1ncc(C(=O)O)cc1N. The third-order valence-electron chi connectivity index (χ3n) is 3.11. The molecule has 0 radical (unpaired) electrons. The van der Waals surface area contributed by atoms with Gasteiger partial charge in [0, 0.05) is 12.7 Å². The number of nitrogens with two attached hydrogens (primary N) is 1. The molecule has 4 N–H and O–H groups in total. The summed E-state index contributed by atoms with van der Waals surface area (Å²) in [5.74, 6) is -0.534. The number of carboxylic acids is 1. The number of nitrogens with zero attached hydrogens (tertiary/aromatic N) is 1. The molecule has 0 spiro atoms. The zero-order valence-corrected chi connectivity index (χ0v) is 11.3. The van der Waals surface area contributed by atoms with Gasteiger partial charge in [-0.2, -0.15) is 0 Å². The van der Waals surface area contributed by atoms with Crippen LogP contribution in [0, 0.1) is 0 Å². The molecule has 2 aromatic rings. The van der Waals surface area contributed by atoms with Gasteiger partial charge in [0.25, 0.3) is 0 Å². The molecule has 0 amide bonds. The van der Waals surface area contributed by atoms with E-state index in [1.165, 1.54) is 23.4 Å². The van der Waals surface area contributed by atoms with Crippen LogP contribution in [0.25, 0.3) is 0 Å². The van der Waals surface area contributed by atoms with E-state index in [0.717, 1.165) is 6.42 Å². The lowest BCUT2D eigenvalue weighted by Crippen LogP contribution is -2.08. The number of benzene rings is 1. The predicted octanol–water partition coefficient (Wildman–Crippen LogP) is 2.54. The first-order chi connectivity index (χ1) is 9.61. The molecule has 0 bridgehead atoms. The molecule has 1 heterocycles. The number of anilines is 2. The van der Waals surface area contributed by atoms with Crippen LogP contribution in [-0.4, -0.2) is 16.1 Å². The number of nitrogens with one attached hydrogen (secondary N) is 1. The summed E-state index contributed by atoms with van der Waals surface area (Å²) >= 11 is 0. The second-order valence-electron chi connectivity index (χ2n) is 4.44. The fourth-order valence-corrected chi connectivity index (χ4v) is 2.00. The van der Waals surface area contributed by atoms with Crippen molar-refractivity contribution in [3.63, 3.8) is 0 Å². The summed E-state index contributed by atoms with van der Waals surface area (Å²) in [5, 5.41) is 12.0. The van der Waals surface area contributed by atoms with Crippen LogP contribution in [0.3, 0.4) is 0 Å². The summed E-state index contributed by atoms with van der Waals surface area (Å²) < 4.78 is 0. The van der Waals surface area contributed by atoms with E-state index < -0.39 is 5.97 Å². The smallest absolute Gasteiger partial charge is 0.337 e. The molecule has 0 atom stereocenters. The molecule has 0 aliphatic heterocycles. The van der Waals surface area contributed by atoms with Crippen molar-refractivity contribution >= 4 is 17.5 Å². The number of hydrogen-bond donors (Lipinski definition) is 3. The highest BCUT2D eigenvalue weighted by atomic mass is 16.4. The summed E-state index contributed by atoms with van der Waals surface area (Å²) in [6, 6.07) is 9.54. The molecule has 5 nitrogen and oxygen atoms in total. The molecule has 104 valence electrons. The third-order valence-corrected chi connectivity index (χ3v) is 3.11. The molecular weight excluding hydrogens is 254 g/mol. The summed E-state index contributed by atoms with van der Waals surface area (Å²) in [6.07, 6.45) is 2.26. The highest BCUT2D eigenvalue weighted by Crippen LogP contribution is 2.18. The first kappa shape index (κ1) is 13.9. The first-order valence-electron chi connectivity index (χ1n) is 6.41. The van der Waals surface area contributed by atoms with Gasteiger partial charge in [-0.3, -0.25) is 0 Å². The van der Waals surface area contributed by atoms with Gasteiger partial charge in [0.05, 0.1) is 11.3 Å². The average Bonchev–Trinajstić information content (AvgIpc) is 2.46. The van der Waals surface area contributed by atoms with Crippen molar-refractivity contribution in [3.05, 3.63) is 53.2 Å². The van der Waals surface area contributed by atoms with E-state index in [1.54, 1.807) is 0 Å². The molecule has 2 rings (SSSR count). The third kappa shape index (κ3) is 3.06. The molecule has 0 aliphatic carbocycles. The van der Waals surface area contributed by atoms with Gasteiger partial charge in [-0.25, -0.2) is 9.78 Å². The van der Waals surface area contributed by atoms with E-state index in [4.69, 9.17) is 10.8 Å². The Bertz CT molecular complexity index is 626. The molecule has 20 heavy (non-hydrogen) atoms. The van der Waals surface area contributed by atoms with Crippen LogP contribution in [-0.2, 0) is 13.0 Å². The van der Waals surface area contributed by atoms with Crippen molar-refractivity contribution in [2.75, 3.05) is 11.1 Å². The zero-order valence-electron chi connectivity index (χ0n) is 11.3. The van der Waals surface area contributed by atoms with E-state index in [9.17, 15) is 4.79 Å². The van der Waals surface area contributed by atoms with Gasteiger partial charge in [-0.15, -0.1) is 0 Å². The number of nitrogen functional groups attached to an aromatic ring is 1. The highest BCUT2D eigenvalue weighted by molar-refractivity contribution is 5.89. The van der Waals surface area contributed by atoms with Crippen LogP contribution in [0.5, 0.6) is 0 Å². The van der Waals surface area contributed by atoms with Crippen molar-refractivity contribution in [1.29, 1.82) is 0 Å². The number of carbonyl (C=O) groups is 1. The maximum atomic E-state index is 10.8. The molecule has 0 unspecified atom stereocenters. The molecule has 0 aliphatic rings. The maximum absolute atomic E-state index is 10.8. The van der Waals surface area contributed by atoms with Gasteiger partial charge < -0.3 is 16.2 Å². The summed E-state index contributed by atoms with van der Waals surface area (Å²) in [6.45, 7) is 2.71. The normalized spacial score (nSPS) is 10.2. The van der Waals surface area contributed by atoms with Crippen molar-refractivity contribution < 1.29 is 9.90 Å². The lowest BCUT2D eigenvalue weighted by Gasteiger charge is -2.11. The predicted molar refractivity (Wildman–Crippen MR) is 78.8 cm³/mol. The van der Waals surface area contributed by atoms with Crippen molar-refractivity contribution in [1.82, 2.24) is 4.98 Å². The van der Waals surface area contributed by atoms with Crippen LogP contribution in [0.4, 0.5) is 11.5 Å². The lowest BCUT2D eigenvalue weighted by molar-refractivity contribution is 0.0696. The van der Waals surface area contributed by atoms with Gasteiger partial charge in [0.15, 0.2) is 0 Å². The number of aryl methyl sites for hydroxylation is 1. The van der Waals surface area contributed by atoms with Crippen LogP contribution in [0.15, 0.2) is 36.5 Å². The quantitative estimate of drug-likeness (QED) is 0.777. The van der Waals surface area contributed by atoms with Crippen LogP contribution in [0.2, 0.25) is 0 Å². The first-order valence-corrected chi connectivity index (χ1v) is 6.41. The minimum Gasteiger partial charge on any atom is -0.478 e. The van der Waals surface area contributed by atoms with Gasteiger partial charge in [-0.05, 0) is 23.6 Å².